The summed E-state index contributed by atoms with van der Waals surface area (Å²) in [6.45, 7) is 0.678. The molecule has 0 radical (unpaired) electrons. The first-order valence-corrected chi connectivity index (χ1v) is 11.8. The van der Waals surface area contributed by atoms with E-state index in [0.717, 1.165) is 11.5 Å². The van der Waals surface area contributed by atoms with Crippen LogP contribution >= 0.6 is 11.5 Å². The minimum atomic E-state index is -3.07. The molecule has 4 rings (SSSR count). The number of halogens is 1. The van der Waals surface area contributed by atoms with Gasteiger partial charge in [-0.1, -0.05) is 4.49 Å². The highest BCUT2D eigenvalue weighted by Gasteiger charge is 2.33. The van der Waals surface area contributed by atoms with Crippen molar-refractivity contribution in [3.63, 3.8) is 0 Å². The molecule has 3 heterocycles. The van der Waals surface area contributed by atoms with Crippen LogP contribution in [-0.4, -0.2) is 73.8 Å². The first-order chi connectivity index (χ1) is 14.3. The maximum Gasteiger partial charge on any atom is 0.414 e. The summed E-state index contributed by atoms with van der Waals surface area (Å²) in [6.07, 6.45) is -1.23. The van der Waals surface area contributed by atoms with Crippen molar-refractivity contribution in [2.24, 2.45) is 0 Å². The lowest BCUT2D eigenvalue weighted by Gasteiger charge is -2.29. The van der Waals surface area contributed by atoms with Gasteiger partial charge in [-0.05, 0) is 29.7 Å². The molecular weight excluding hydrogens is 437 g/mol. The van der Waals surface area contributed by atoms with Gasteiger partial charge in [-0.25, -0.2) is 17.6 Å². The number of cyclic esters (lactones) is 1. The van der Waals surface area contributed by atoms with Crippen LogP contribution in [0.5, 0.6) is 0 Å². The molecule has 0 bridgehead atoms. The highest BCUT2D eigenvalue weighted by molar-refractivity contribution is 7.91. The van der Waals surface area contributed by atoms with Crippen LogP contribution < -0.4 is 15.1 Å². The van der Waals surface area contributed by atoms with Crippen LogP contribution in [0.4, 0.5) is 20.6 Å². The highest BCUT2D eigenvalue weighted by atomic mass is 32.2. The normalized spacial score (nSPS) is 20.8. The molecule has 0 aliphatic carbocycles. The van der Waals surface area contributed by atoms with Crippen molar-refractivity contribution in [3.8, 4) is 0 Å². The number of carbonyl (C=O) groups is 2. The molecular formula is C17H18FN5O5S2. The van der Waals surface area contributed by atoms with Crippen molar-refractivity contribution < 1.29 is 27.1 Å². The van der Waals surface area contributed by atoms with Crippen LogP contribution in [0.25, 0.3) is 0 Å². The van der Waals surface area contributed by atoms with Crippen LogP contribution in [0, 0.1) is 5.82 Å². The Bertz CT molecular complexity index is 1050. The Kier molecular flexibility index (Phi) is 5.56. The summed E-state index contributed by atoms with van der Waals surface area (Å²) in [5.41, 5.74) is 0.801. The molecule has 10 nitrogen and oxygen atoms in total. The number of benzene rings is 1. The van der Waals surface area contributed by atoms with E-state index in [4.69, 9.17) is 4.74 Å². The third-order valence-electron chi connectivity index (χ3n) is 4.89. The zero-order chi connectivity index (χ0) is 21.3. The molecule has 30 heavy (non-hydrogen) atoms. The minimum Gasteiger partial charge on any atom is -0.442 e. The van der Waals surface area contributed by atoms with Gasteiger partial charge in [-0.3, -0.25) is 9.69 Å². The van der Waals surface area contributed by atoms with Crippen LogP contribution in [0.2, 0.25) is 0 Å². The number of carbonyl (C=O) groups excluding carboxylic acids is 2. The van der Waals surface area contributed by atoms with Crippen LogP contribution in [0.1, 0.15) is 10.5 Å². The molecule has 2 aliphatic rings. The summed E-state index contributed by atoms with van der Waals surface area (Å²) in [5, 5.41) is 7.79. The van der Waals surface area contributed by atoms with Crippen molar-refractivity contribution >= 4 is 44.7 Å². The molecule has 2 aliphatic heterocycles. The van der Waals surface area contributed by atoms with Crippen LogP contribution in [0.3, 0.4) is 0 Å². The van der Waals surface area contributed by atoms with E-state index < -0.39 is 33.8 Å². The predicted molar refractivity (Wildman–Crippen MR) is 107 cm³/mol. The molecule has 1 atom stereocenters. The van der Waals surface area contributed by atoms with E-state index in [-0.39, 0.29) is 43.4 Å². The van der Waals surface area contributed by atoms with E-state index in [9.17, 15) is 22.4 Å². The maximum absolute atomic E-state index is 14.7. The van der Waals surface area contributed by atoms with Crippen molar-refractivity contribution in [2.75, 3.05) is 47.5 Å². The van der Waals surface area contributed by atoms with E-state index in [2.05, 4.69) is 14.9 Å². The van der Waals surface area contributed by atoms with Crippen molar-refractivity contribution in [1.82, 2.24) is 14.9 Å². The molecule has 2 saturated heterocycles. The Morgan fingerprint density at radius 3 is 2.77 bits per heavy atom. The Morgan fingerprint density at radius 1 is 1.33 bits per heavy atom. The lowest BCUT2D eigenvalue weighted by atomic mass is 10.2. The van der Waals surface area contributed by atoms with Crippen LogP contribution in [0.15, 0.2) is 23.6 Å². The maximum atomic E-state index is 14.7. The smallest absolute Gasteiger partial charge is 0.414 e. The van der Waals surface area contributed by atoms with Crippen LogP contribution in [-0.2, 0) is 14.6 Å². The molecule has 0 spiro atoms. The second-order valence-corrected chi connectivity index (χ2v) is 9.80. The van der Waals surface area contributed by atoms with Crippen molar-refractivity contribution in [2.45, 2.75) is 6.10 Å². The summed E-state index contributed by atoms with van der Waals surface area (Å²) in [4.78, 5) is 27.1. The first-order valence-electron chi connectivity index (χ1n) is 9.11. The zero-order valence-corrected chi connectivity index (χ0v) is 17.3. The molecule has 0 saturated carbocycles. The second kappa shape index (κ2) is 8.14. The monoisotopic (exact) mass is 455 g/mol. The zero-order valence-electron chi connectivity index (χ0n) is 15.7. The number of hydrogen-bond donors (Lipinski definition) is 1. The lowest BCUT2D eigenvalue weighted by molar-refractivity contribution is 0.0911. The van der Waals surface area contributed by atoms with Crippen molar-refractivity contribution in [1.29, 1.82) is 0 Å². The van der Waals surface area contributed by atoms with Gasteiger partial charge >= 0.3 is 6.09 Å². The van der Waals surface area contributed by atoms with Gasteiger partial charge in [-0.15, -0.1) is 5.10 Å². The number of nitrogens with one attached hydrogen (secondary N) is 1. The van der Waals surface area contributed by atoms with Gasteiger partial charge in [0.2, 0.25) is 0 Å². The third kappa shape index (κ3) is 4.36. The number of amides is 2. The molecule has 2 fully saturated rings. The molecule has 1 N–H and O–H groups in total. The highest BCUT2D eigenvalue weighted by Crippen LogP contribution is 2.28. The van der Waals surface area contributed by atoms with E-state index in [1.165, 1.54) is 22.4 Å². The molecule has 13 heteroatoms. The number of ether oxygens (including phenoxy) is 1. The second-order valence-electron chi connectivity index (χ2n) is 6.89. The SMILES string of the molecule is O=C(NC[C@H]1CN(c2ccc(N3CCS(=O)(=O)CC3)c(F)c2)C(=O)O1)c1csnn1. The Morgan fingerprint density at radius 2 is 2.10 bits per heavy atom. The predicted octanol–water partition coefficient (Wildman–Crippen LogP) is 0.667. The van der Waals surface area contributed by atoms with E-state index in [0.29, 0.717) is 11.4 Å². The number of sulfone groups is 1. The largest absolute Gasteiger partial charge is 0.442 e. The Balaban J connectivity index is 1.38. The molecule has 1 aromatic heterocycles. The minimum absolute atomic E-state index is 0.0169. The third-order valence-corrected chi connectivity index (χ3v) is 7.00. The lowest BCUT2D eigenvalue weighted by Crippen LogP contribution is -2.40. The van der Waals surface area contributed by atoms with Gasteiger partial charge in [0.15, 0.2) is 15.5 Å². The average Bonchev–Trinajstić information content (AvgIpc) is 3.36. The van der Waals surface area contributed by atoms with Crippen molar-refractivity contribution in [3.05, 3.63) is 35.1 Å². The van der Waals surface area contributed by atoms with Gasteiger partial charge in [0, 0.05) is 18.5 Å². The fourth-order valence-electron chi connectivity index (χ4n) is 3.27. The van der Waals surface area contributed by atoms with E-state index in [1.54, 1.807) is 11.0 Å². The van der Waals surface area contributed by atoms with Gasteiger partial charge in [0.05, 0.1) is 36.0 Å². The van der Waals surface area contributed by atoms with Gasteiger partial charge in [-0.2, -0.15) is 0 Å². The summed E-state index contributed by atoms with van der Waals surface area (Å²) in [6, 6.07) is 4.34. The molecule has 2 amide bonds. The summed E-state index contributed by atoms with van der Waals surface area (Å²) < 4.78 is 46.7. The Labute approximate surface area is 175 Å². The quantitative estimate of drug-likeness (QED) is 0.698. The summed E-state index contributed by atoms with van der Waals surface area (Å²) in [5.74, 6) is -1.00. The number of rotatable bonds is 5. The fraction of sp³-hybridized carbons (Fsp3) is 0.412. The Hall–Kier alpha value is -2.80. The molecule has 0 unspecified atom stereocenters. The van der Waals surface area contributed by atoms with E-state index in [1.807, 2.05) is 0 Å². The fourth-order valence-corrected chi connectivity index (χ4v) is 4.91. The summed E-state index contributed by atoms with van der Waals surface area (Å²) in [7, 11) is -3.07. The number of nitrogens with zero attached hydrogens (tertiary/aromatic N) is 4. The van der Waals surface area contributed by atoms with Gasteiger partial charge in [0.1, 0.15) is 11.9 Å². The topological polar surface area (TPSA) is 122 Å². The number of anilines is 2. The molecule has 160 valence electrons. The van der Waals surface area contributed by atoms with Gasteiger partial charge < -0.3 is 15.0 Å². The number of hydrogen-bond acceptors (Lipinski definition) is 9. The number of aromatic nitrogens is 2. The molecule has 2 aromatic rings. The standard InChI is InChI=1S/C17H18FN5O5S2/c18-13-7-11(1-2-15(13)22-3-5-30(26,27)6-4-22)23-9-12(28-17(23)25)8-19-16(24)14-10-29-21-20-14/h1-2,7,10,12H,3-6,8-9H2,(H,19,24)/t12-/m0/s1. The average molecular weight is 455 g/mol. The summed E-state index contributed by atoms with van der Waals surface area (Å²) >= 11 is 1.05. The van der Waals surface area contributed by atoms with E-state index >= 15 is 0 Å². The van der Waals surface area contributed by atoms with Gasteiger partial charge in [0.25, 0.3) is 5.91 Å². The molecule has 1 aromatic carbocycles. The first kappa shape index (κ1) is 20.5.